The van der Waals surface area contributed by atoms with Gasteiger partial charge in [0.1, 0.15) is 0 Å². The van der Waals surface area contributed by atoms with E-state index in [2.05, 4.69) is 4.99 Å². The number of imide groups is 1. The molecule has 1 saturated carbocycles. The summed E-state index contributed by atoms with van der Waals surface area (Å²) in [5.74, 6) is -0.504. The van der Waals surface area contributed by atoms with Crippen LogP contribution in [0.3, 0.4) is 0 Å². The molecule has 2 amide bonds. The second kappa shape index (κ2) is 8.89. The Balaban J connectivity index is 1.50. The summed E-state index contributed by atoms with van der Waals surface area (Å²) >= 11 is 6.08. The third-order valence-corrected chi connectivity index (χ3v) is 5.40. The van der Waals surface area contributed by atoms with Crippen LogP contribution in [0.1, 0.15) is 41.1 Å². The lowest BCUT2D eigenvalue weighted by molar-refractivity contribution is -0.118. The molecule has 2 aromatic carbocycles. The summed E-state index contributed by atoms with van der Waals surface area (Å²) in [6.45, 7) is 2.10. The number of carbonyl (C=O) groups excluding carboxylic acids is 2. The van der Waals surface area contributed by atoms with E-state index in [4.69, 9.17) is 16.3 Å². The molecule has 4 rings (SSSR count). The zero-order valence-corrected chi connectivity index (χ0v) is 16.8. The number of hydrogen-bond acceptors (Lipinski definition) is 4. The Bertz CT molecular complexity index is 939. The standard InChI is InChI=1S/C23H23ClN2O3/c24-17-5-3-6-18(13-17)26-22(27)20-8-2-1-7-19(20)21(23(26)28)14-25-11-4-12-29-15-16-9-10-16/h1-3,5-8,13-14,16,21H,4,9-12,15H2/t21-/m1/s1. The van der Waals surface area contributed by atoms with Crippen molar-refractivity contribution >= 4 is 35.3 Å². The zero-order chi connectivity index (χ0) is 20.2. The minimum atomic E-state index is -0.602. The molecule has 0 aromatic heterocycles. The van der Waals surface area contributed by atoms with Gasteiger partial charge in [-0.15, -0.1) is 0 Å². The van der Waals surface area contributed by atoms with Crippen LogP contribution in [0, 0.1) is 5.92 Å². The zero-order valence-electron chi connectivity index (χ0n) is 16.1. The molecule has 2 aliphatic rings. The van der Waals surface area contributed by atoms with E-state index >= 15 is 0 Å². The van der Waals surface area contributed by atoms with E-state index in [0.29, 0.717) is 35.0 Å². The lowest BCUT2D eigenvalue weighted by Gasteiger charge is -2.31. The first-order valence-corrected chi connectivity index (χ1v) is 10.3. The van der Waals surface area contributed by atoms with Crippen molar-refractivity contribution in [2.24, 2.45) is 10.9 Å². The molecule has 0 spiro atoms. The maximum absolute atomic E-state index is 13.2. The Morgan fingerprint density at radius 1 is 1.14 bits per heavy atom. The number of aliphatic imine (C=N–C) groups is 1. The summed E-state index contributed by atoms with van der Waals surface area (Å²) < 4.78 is 5.62. The molecule has 1 atom stereocenters. The molecule has 1 aliphatic carbocycles. The molecule has 0 N–H and O–H groups in total. The maximum atomic E-state index is 13.2. The van der Waals surface area contributed by atoms with Crippen LogP contribution in [-0.2, 0) is 9.53 Å². The third-order valence-electron chi connectivity index (χ3n) is 5.16. The lowest BCUT2D eigenvalue weighted by atomic mass is 9.89. The maximum Gasteiger partial charge on any atom is 0.265 e. The number of amides is 2. The van der Waals surface area contributed by atoms with Crippen molar-refractivity contribution in [3.05, 3.63) is 64.7 Å². The Kier molecular flexibility index (Phi) is 6.07. The highest BCUT2D eigenvalue weighted by atomic mass is 35.5. The number of rotatable bonds is 8. The van der Waals surface area contributed by atoms with Crippen molar-refractivity contribution in [3.63, 3.8) is 0 Å². The van der Waals surface area contributed by atoms with Crippen LogP contribution in [0.25, 0.3) is 0 Å². The molecular weight excluding hydrogens is 388 g/mol. The smallest absolute Gasteiger partial charge is 0.265 e. The van der Waals surface area contributed by atoms with Crippen molar-refractivity contribution in [2.75, 3.05) is 24.7 Å². The summed E-state index contributed by atoms with van der Waals surface area (Å²) in [4.78, 5) is 31.9. The largest absolute Gasteiger partial charge is 0.381 e. The molecule has 0 bridgehead atoms. The first kappa shape index (κ1) is 19.8. The average Bonchev–Trinajstić information content (AvgIpc) is 3.54. The van der Waals surface area contributed by atoms with Crippen molar-refractivity contribution in [2.45, 2.75) is 25.2 Å². The van der Waals surface area contributed by atoms with Crippen LogP contribution in [-0.4, -0.2) is 37.8 Å². The van der Waals surface area contributed by atoms with Gasteiger partial charge in [-0.3, -0.25) is 14.6 Å². The van der Waals surface area contributed by atoms with E-state index in [1.165, 1.54) is 17.7 Å². The molecule has 0 unspecified atom stereocenters. The lowest BCUT2D eigenvalue weighted by Crippen LogP contribution is -2.45. The summed E-state index contributed by atoms with van der Waals surface area (Å²) in [6, 6.07) is 14.0. The van der Waals surface area contributed by atoms with Gasteiger partial charge in [0.05, 0.1) is 11.6 Å². The van der Waals surface area contributed by atoms with Crippen molar-refractivity contribution in [1.82, 2.24) is 0 Å². The van der Waals surface area contributed by atoms with E-state index in [1.54, 1.807) is 42.6 Å². The van der Waals surface area contributed by atoms with Crippen molar-refractivity contribution in [1.29, 1.82) is 0 Å². The monoisotopic (exact) mass is 410 g/mol. The molecule has 1 heterocycles. The fourth-order valence-corrected chi connectivity index (χ4v) is 3.62. The summed E-state index contributed by atoms with van der Waals surface area (Å²) in [6.07, 6.45) is 5.03. The number of benzene rings is 2. The SMILES string of the molecule is O=C1c2ccccc2[C@@H](C=NCCCOCC2CC2)C(=O)N1c1cccc(Cl)c1. The molecule has 6 heteroatoms. The molecule has 2 aromatic rings. The number of ether oxygens (including phenoxy) is 1. The number of anilines is 1. The van der Waals surface area contributed by atoms with Gasteiger partial charge in [-0.25, -0.2) is 4.90 Å². The van der Waals surface area contributed by atoms with E-state index in [9.17, 15) is 9.59 Å². The first-order chi connectivity index (χ1) is 14.1. The number of halogens is 1. The number of fused-ring (bicyclic) bond motifs is 1. The van der Waals surface area contributed by atoms with Crippen molar-refractivity contribution in [3.8, 4) is 0 Å². The second-order valence-electron chi connectivity index (χ2n) is 7.45. The Hall–Kier alpha value is -2.50. The van der Waals surface area contributed by atoms with E-state index in [0.717, 1.165) is 18.9 Å². The average molecular weight is 411 g/mol. The number of nitrogens with zero attached hydrogens (tertiary/aromatic N) is 2. The van der Waals surface area contributed by atoms with Gasteiger partial charge >= 0.3 is 0 Å². The first-order valence-electron chi connectivity index (χ1n) is 9.95. The highest BCUT2D eigenvalue weighted by Crippen LogP contribution is 2.33. The van der Waals surface area contributed by atoms with Crippen LogP contribution >= 0.6 is 11.6 Å². The molecule has 29 heavy (non-hydrogen) atoms. The van der Waals surface area contributed by atoms with E-state index < -0.39 is 5.92 Å². The Labute approximate surface area is 175 Å². The minimum Gasteiger partial charge on any atom is -0.381 e. The van der Waals surface area contributed by atoms with Gasteiger partial charge in [-0.2, -0.15) is 0 Å². The fourth-order valence-electron chi connectivity index (χ4n) is 3.43. The normalized spacial score (nSPS) is 19.1. The van der Waals surface area contributed by atoms with Gasteiger partial charge in [0.2, 0.25) is 5.91 Å². The molecule has 1 fully saturated rings. The third kappa shape index (κ3) is 4.57. The minimum absolute atomic E-state index is 0.315. The molecule has 0 radical (unpaired) electrons. The summed E-state index contributed by atoms with van der Waals surface area (Å²) in [7, 11) is 0. The second-order valence-corrected chi connectivity index (χ2v) is 7.89. The van der Waals surface area contributed by atoms with E-state index in [-0.39, 0.29) is 11.8 Å². The quantitative estimate of drug-likeness (QED) is 0.366. The van der Waals surface area contributed by atoms with Crippen LogP contribution in [0.2, 0.25) is 5.02 Å². The topological polar surface area (TPSA) is 59.0 Å². The van der Waals surface area contributed by atoms with Crippen molar-refractivity contribution < 1.29 is 14.3 Å². The number of carbonyl (C=O) groups is 2. The Morgan fingerprint density at radius 3 is 2.76 bits per heavy atom. The summed E-state index contributed by atoms with van der Waals surface area (Å²) in [5.41, 5.74) is 1.67. The van der Waals surface area contributed by atoms with Crippen LogP contribution < -0.4 is 4.90 Å². The molecule has 5 nitrogen and oxygen atoms in total. The van der Waals surface area contributed by atoms with Crippen LogP contribution in [0.5, 0.6) is 0 Å². The van der Waals surface area contributed by atoms with Gasteiger partial charge in [0.15, 0.2) is 0 Å². The van der Waals surface area contributed by atoms with Crippen LogP contribution in [0.15, 0.2) is 53.5 Å². The van der Waals surface area contributed by atoms with Gasteiger partial charge in [0, 0.05) is 36.6 Å². The molecule has 0 saturated heterocycles. The highest BCUT2D eigenvalue weighted by Gasteiger charge is 2.38. The summed E-state index contributed by atoms with van der Waals surface area (Å²) in [5, 5.41) is 0.471. The number of hydrogen-bond donors (Lipinski definition) is 0. The molecular formula is C23H23ClN2O3. The fraction of sp³-hybridized carbons (Fsp3) is 0.348. The van der Waals surface area contributed by atoms with E-state index in [1.807, 2.05) is 12.1 Å². The Morgan fingerprint density at radius 2 is 1.97 bits per heavy atom. The van der Waals surface area contributed by atoms with Gasteiger partial charge < -0.3 is 4.74 Å². The van der Waals surface area contributed by atoms with Gasteiger partial charge in [-0.1, -0.05) is 35.9 Å². The van der Waals surface area contributed by atoms with Gasteiger partial charge in [0.25, 0.3) is 5.91 Å². The molecule has 1 aliphatic heterocycles. The predicted octanol–water partition coefficient (Wildman–Crippen LogP) is 4.50. The van der Waals surface area contributed by atoms with Crippen LogP contribution in [0.4, 0.5) is 5.69 Å². The highest BCUT2D eigenvalue weighted by molar-refractivity contribution is 6.32. The van der Waals surface area contributed by atoms with Gasteiger partial charge in [-0.05, 0) is 55.0 Å². The predicted molar refractivity (Wildman–Crippen MR) is 114 cm³/mol. The molecule has 150 valence electrons.